The number of rotatable bonds is 1. The normalized spacial score (nSPS) is 35.1. The molecule has 0 aromatic heterocycles. The minimum Gasteiger partial charge on any atom is -0.316 e. The molecule has 0 radical (unpaired) electrons. The molecule has 1 nitrogen and oxygen atoms in total. The molecule has 0 unspecified atom stereocenters. The molecule has 1 aromatic rings. The van der Waals surface area contributed by atoms with Crippen LogP contribution in [0.15, 0.2) is 24.3 Å². The highest BCUT2D eigenvalue weighted by atomic mass is 35.5. The molecule has 74 valence electrons. The van der Waals surface area contributed by atoms with Crippen LogP contribution in [0.2, 0.25) is 5.02 Å². The number of fused-ring (bicyclic) bond motifs is 1. The van der Waals surface area contributed by atoms with Crippen LogP contribution >= 0.6 is 11.6 Å². The Labute approximate surface area is 89.5 Å². The maximum Gasteiger partial charge on any atom is 0.0440 e. The summed E-state index contributed by atoms with van der Waals surface area (Å²) in [4.78, 5) is 0. The monoisotopic (exact) mass is 207 g/mol. The van der Waals surface area contributed by atoms with E-state index in [2.05, 4.69) is 17.4 Å². The zero-order valence-electron chi connectivity index (χ0n) is 8.04. The van der Waals surface area contributed by atoms with E-state index in [0.717, 1.165) is 16.9 Å². The van der Waals surface area contributed by atoms with Crippen LogP contribution in [0.3, 0.4) is 0 Å². The first-order chi connectivity index (χ1) is 6.86. The van der Waals surface area contributed by atoms with Gasteiger partial charge in [-0.2, -0.15) is 0 Å². The van der Waals surface area contributed by atoms with E-state index in [1.165, 1.54) is 25.1 Å². The molecule has 2 aliphatic rings. The molecular formula is C12H14ClN. The molecule has 1 aliphatic heterocycles. The lowest BCUT2D eigenvalue weighted by molar-refractivity contribution is 0.191. The second-order valence-corrected chi connectivity index (χ2v) is 4.85. The predicted molar refractivity (Wildman–Crippen MR) is 58.7 cm³/mol. The van der Waals surface area contributed by atoms with Crippen molar-refractivity contribution in [3.63, 3.8) is 0 Å². The molecule has 14 heavy (non-hydrogen) atoms. The summed E-state index contributed by atoms with van der Waals surface area (Å²) < 4.78 is 0. The number of halogens is 1. The zero-order valence-corrected chi connectivity index (χ0v) is 8.80. The number of nitrogens with one attached hydrogen (secondary N) is 1. The smallest absolute Gasteiger partial charge is 0.0440 e. The highest BCUT2D eigenvalue weighted by Gasteiger charge is 2.44. The minimum atomic E-state index is 0.712. The Morgan fingerprint density at radius 3 is 2.86 bits per heavy atom. The van der Waals surface area contributed by atoms with Gasteiger partial charge in [-0.1, -0.05) is 29.8 Å². The van der Waals surface area contributed by atoms with Crippen LogP contribution in [0.5, 0.6) is 0 Å². The third-order valence-electron chi connectivity index (χ3n) is 3.77. The van der Waals surface area contributed by atoms with Crippen molar-refractivity contribution in [1.29, 1.82) is 0 Å². The van der Waals surface area contributed by atoms with E-state index in [4.69, 9.17) is 11.6 Å². The molecule has 2 fully saturated rings. The van der Waals surface area contributed by atoms with E-state index >= 15 is 0 Å². The molecule has 1 aromatic carbocycles. The van der Waals surface area contributed by atoms with Gasteiger partial charge in [0.1, 0.15) is 0 Å². The van der Waals surface area contributed by atoms with E-state index in [0.29, 0.717) is 5.92 Å². The second kappa shape index (κ2) is 3.25. The highest BCUT2D eigenvalue weighted by Crippen LogP contribution is 2.50. The fraction of sp³-hybridized carbons (Fsp3) is 0.500. The van der Waals surface area contributed by atoms with Crippen LogP contribution < -0.4 is 5.32 Å². The summed E-state index contributed by atoms with van der Waals surface area (Å²) in [7, 11) is 0. The lowest BCUT2D eigenvalue weighted by atomic mass is 9.64. The average molecular weight is 208 g/mol. The van der Waals surface area contributed by atoms with Crippen LogP contribution in [0.1, 0.15) is 17.9 Å². The fourth-order valence-corrected chi connectivity index (χ4v) is 3.20. The maximum absolute atomic E-state index is 6.20. The van der Waals surface area contributed by atoms with E-state index in [-0.39, 0.29) is 0 Å². The third kappa shape index (κ3) is 1.19. The quantitative estimate of drug-likeness (QED) is 0.747. The molecule has 3 rings (SSSR count). The fourth-order valence-electron chi connectivity index (χ4n) is 2.92. The summed E-state index contributed by atoms with van der Waals surface area (Å²) in [5.74, 6) is 2.47. The number of benzene rings is 1. The highest BCUT2D eigenvalue weighted by molar-refractivity contribution is 6.31. The summed E-state index contributed by atoms with van der Waals surface area (Å²) in [6.07, 6.45) is 1.32. The second-order valence-electron chi connectivity index (χ2n) is 4.45. The van der Waals surface area contributed by atoms with E-state index in [1.807, 2.05) is 12.1 Å². The van der Waals surface area contributed by atoms with Crippen molar-refractivity contribution in [2.24, 2.45) is 11.8 Å². The summed E-state index contributed by atoms with van der Waals surface area (Å²) in [6, 6.07) is 8.29. The van der Waals surface area contributed by atoms with Crippen LogP contribution in [0.4, 0.5) is 0 Å². The first-order valence-electron chi connectivity index (χ1n) is 5.31. The lowest BCUT2D eigenvalue weighted by Gasteiger charge is -2.40. The Hall–Kier alpha value is -0.530. The number of hydrogen-bond donors (Lipinski definition) is 1. The molecule has 1 saturated carbocycles. The van der Waals surface area contributed by atoms with Crippen molar-refractivity contribution in [3.8, 4) is 0 Å². The van der Waals surface area contributed by atoms with Gasteiger partial charge in [0.2, 0.25) is 0 Å². The van der Waals surface area contributed by atoms with Gasteiger partial charge in [0.15, 0.2) is 0 Å². The van der Waals surface area contributed by atoms with Crippen molar-refractivity contribution in [3.05, 3.63) is 34.9 Å². The van der Waals surface area contributed by atoms with Gasteiger partial charge >= 0.3 is 0 Å². The van der Waals surface area contributed by atoms with E-state index in [1.54, 1.807) is 0 Å². The molecule has 1 saturated heterocycles. The molecule has 3 atom stereocenters. The number of hydrogen-bond acceptors (Lipinski definition) is 1. The zero-order chi connectivity index (χ0) is 9.54. The Balaban J connectivity index is 1.87. The van der Waals surface area contributed by atoms with Crippen LogP contribution in [0.25, 0.3) is 0 Å². The van der Waals surface area contributed by atoms with Crippen LogP contribution in [0, 0.1) is 11.8 Å². The third-order valence-corrected chi connectivity index (χ3v) is 4.11. The predicted octanol–water partition coefficient (Wildman–Crippen LogP) is 2.66. The molecule has 0 spiro atoms. The van der Waals surface area contributed by atoms with Gasteiger partial charge in [-0.3, -0.25) is 0 Å². The summed E-state index contributed by atoms with van der Waals surface area (Å²) >= 11 is 6.20. The van der Waals surface area contributed by atoms with Gasteiger partial charge in [0.25, 0.3) is 0 Å². The summed E-state index contributed by atoms with van der Waals surface area (Å²) in [5.41, 5.74) is 1.36. The van der Waals surface area contributed by atoms with Crippen molar-refractivity contribution >= 4 is 11.6 Å². The van der Waals surface area contributed by atoms with Crippen molar-refractivity contribution in [2.75, 3.05) is 13.1 Å². The van der Waals surface area contributed by atoms with Crippen molar-refractivity contribution < 1.29 is 0 Å². The lowest BCUT2D eigenvalue weighted by Crippen LogP contribution is -2.33. The van der Waals surface area contributed by atoms with Gasteiger partial charge < -0.3 is 5.32 Å². The van der Waals surface area contributed by atoms with Crippen LogP contribution in [-0.4, -0.2) is 13.1 Å². The first-order valence-corrected chi connectivity index (χ1v) is 5.69. The Kier molecular flexibility index (Phi) is 2.03. The van der Waals surface area contributed by atoms with Gasteiger partial charge in [-0.15, -0.1) is 0 Å². The largest absolute Gasteiger partial charge is 0.316 e. The topological polar surface area (TPSA) is 12.0 Å². The summed E-state index contributed by atoms with van der Waals surface area (Å²) in [6.45, 7) is 2.40. The van der Waals surface area contributed by atoms with Crippen molar-refractivity contribution in [2.45, 2.75) is 12.3 Å². The van der Waals surface area contributed by atoms with Gasteiger partial charge in [-0.05, 0) is 48.9 Å². The molecule has 1 N–H and O–H groups in total. The van der Waals surface area contributed by atoms with Crippen LogP contribution in [-0.2, 0) is 0 Å². The standard InChI is InChI=1S/C12H14ClN/c13-12-4-2-1-3-9(12)10-5-8-6-14-7-11(8)10/h1-4,8,10-11,14H,5-7H2/t8-,10+,11+/m1/s1. The van der Waals surface area contributed by atoms with Crippen molar-refractivity contribution in [1.82, 2.24) is 5.32 Å². The molecule has 0 bridgehead atoms. The Morgan fingerprint density at radius 2 is 2.07 bits per heavy atom. The molecule has 2 heteroatoms. The Morgan fingerprint density at radius 1 is 1.21 bits per heavy atom. The van der Waals surface area contributed by atoms with E-state index < -0.39 is 0 Å². The molecule has 1 heterocycles. The van der Waals surface area contributed by atoms with E-state index in [9.17, 15) is 0 Å². The molecular weight excluding hydrogens is 194 g/mol. The van der Waals surface area contributed by atoms with Gasteiger partial charge in [0.05, 0.1) is 0 Å². The molecule has 0 amide bonds. The SMILES string of the molecule is Clc1ccccc1[C@@H]1C[C@@H]2CNC[C@@H]21. The van der Waals surface area contributed by atoms with Gasteiger partial charge in [-0.25, -0.2) is 0 Å². The first kappa shape index (κ1) is 8.75. The summed E-state index contributed by atoms with van der Waals surface area (Å²) in [5, 5.41) is 4.41. The minimum absolute atomic E-state index is 0.712. The maximum atomic E-state index is 6.20. The van der Waals surface area contributed by atoms with Gasteiger partial charge in [0, 0.05) is 5.02 Å². The molecule has 1 aliphatic carbocycles. The average Bonchev–Trinajstić information content (AvgIpc) is 2.52. The Bertz CT molecular complexity index is 350.